The highest BCUT2D eigenvalue weighted by molar-refractivity contribution is 7.92. The van der Waals surface area contributed by atoms with Crippen LogP contribution in [0.2, 0.25) is 5.02 Å². The molecule has 1 atom stereocenters. The normalized spacial score (nSPS) is 12.9. The Balaban J connectivity index is 2.18. The smallest absolute Gasteiger partial charge is 0.406 e. The van der Waals surface area contributed by atoms with Crippen LogP contribution in [-0.2, 0) is 14.8 Å². The highest BCUT2D eigenvalue weighted by Gasteiger charge is 2.31. The zero-order chi connectivity index (χ0) is 21.1. The Morgan fingerprint density at radius 1 is 1.11 bits per heavy atom. The average molecular weight is 437 g/mol. The number of carbonyl (C=O) groups excluding carboxylic acids is 1. The van der Waals surface area contributed by atoms with Gasteiger partial charge in [-0.05, 0) is 55.5 Å². The van der Waals surface area contributed by atoms with Gasteiger partial charge in [0.25, 0.3) is 0 Å². The number of hydrogen-bond donors (Lipinski definition) is 1. The summed E-state index contributed by atoms with van der Waals surface area (Å²) < 4.78 is 65.6. The number of sulfonamides is 1. The summed E-state index contributed by atoms with van der Waals surface area (Å²) in [7, 11) is -3.81. The predicted molar refractivity (Wildman–Crippen MR) is 100.0 cm³/mol. The highest BCUT2D eigenvalue weighted by Crippen LogP contribution is 2.25. The minimum Gasteiger partial charge on any atom is -0.406 e. The van der Waals surface area contributed by atoms with Crippen molar-refractivity contribution in [2.75, 3.05) is 15.9 Å². The van der Waals surface area contributed by atoms with Crippen molar-refractivity contribution in [2.45, 2.75) is 19.3 Å². The number of carbonyl (C=O) groups is 1. The van der Waals surface area contributed by atoms with Gasteiger partial charge >= 0.3 is 6.36 Å². The Morgan fingerprint density at radius 3 is 2.11 bits per heavy atom. The zero-order valence-corrected chi connectivity index (χ0v) is 16.3. The molecule has 0 aromatic heterocycles. The molecule has 1 N–H and O–H groups in total. The number of nitrogens with zero attached hydrogens (tertiary/aromatic N) is 1. The average Bonchev–Trinajstić information content (AvgIpc) is 2.56. The van der Waals surface area contributed by atoms with Crippen LogP contribution < -0.4 is 14.4 Å². The summed E-state index contributed by atoms with van der Waals surface area (Å²) in [6.45, 7) is 1.38. The summed E-state index contributed by atoms with van der Waals surface area (Å²) in [5.41, 5.74) is 0.416. The first-order chi connectivity index (χ1) is 12.9. The monoisotopic (exact) mass is 436 g/mol. The quantitative estimate of drug-likeness (QED) is 0.741. The second-order valence-electron chi connectivity index (χ2n) is 5.77. The molecule has 0 saturated heterocycles. The topological polar surface area (TPSA) is 75.7 Å². The fraction of sp³-hybridized carbons (Fsp3) is 0.235. The van der Waals surface area contributed by atoms with E-state index in [4.69, 9.17) is 11.6 Å². The summed E-state index contributed by atoms with van der Waals surface area (Å²) in [5, 5.41) is 2.86. The Labute approximate surface area is 164 Å². The molecule has 1 amide bonds. The van der Waals surface area contributed by atoms with Gasteiger partial charge < -0.3 is 10.1 Å². The first kappa shape index (κ1) is 21.8. The molecule has 2 rings (SSSR count). The van der Waals surface area contributed by atoms with Gasteiger partial charge in [-0.25, -0.2) is 8.42 Å². The van der Waals surface area contributed by atoms with Crippen molar-refractivity contribution in [1.82, 2.24) is 0 Å². The van der Waals surface area contributed by atoms with E-state index in [1.54, 1.807) is 0 Å². The van der Waals surface area contributed by atoms with Crippen molar-refractivity contribution in [3.63, 3.8) is 0 Å². The van der Waals surface area contributed by atoms with E-state index in [1.165, 1.54) is 43.3 Å². The van der Waals surface area contributed by atoms with Crippen molar-refractivity contribution < 1.29 is 31.1 Å². The highest BCUT2D eigenvalue weighted by atomic mass is 35.5. The SMILES string of the molecule is CC(C(=O)Nc1ccc(OC(F)(F)F)cc1)N(c1ccc(Cl)cc1)S(C)(=O)=O. The van der Waals surface area contributed by atoms with Crippen LogP contribution in [0.15, 0.2) is 48.5 Å². The van der Waals surface area contributed by atoms with Crippen molar-refractivity contribution in [3.05, 3.63) is 53.6 Å². The van der Waals surface area contributed by atoms with E-state index in [-0.39, 0.29) is 11.4 Å². The third kappa shape index (κ3) is 6.03. The lowest BCUT2D eigenvalue weighted by atomic mass is 10.2. The maximum absolute atomic E-state index is 12.5. The van der Waals surface area contributed by atoms with Crippen LogP contribution >= 0.6 is 11.6 Å². The molecule has 28 heavy (non-hydrogen) atoms. The second-order valence-corrected chi connectivity index (χ2v) is 8.07. The standard InChI is InChI=1S/C17H16ClF3N2O4S/c1-11(23(28(2,25)26)14-7-3-12(18)4-8-14)16(24)22-13-5-9-15(10-6-13)27-17(19,20)21/h3-11H,1-2H3,(H,22,24). The first-order valence-corrected chi connectivity index (χ1v) is 10.0. The molecule has 0 aliphatic rings. The fourth-order valence-electron chi connectivity index (χ4n) is 2.38. The number of hydrogen-bond acceptors (Lipinski definition) is 4. The van der Waals surface area contributed by atoms with Gasteiger partial charge in [-0.1, -0.05) is 11.6 Å². The van der Waals surface area contributed by atoms with Crippen molar-refractivity contribution >= 4 is 38.9 Å². The number of amides is 1. The summed E-state index contributed by atoms with van der Waals surface area (Å²) in [4.78, 5) is 12.5. The van der Waals surface area contributed by atoms with Crippen LogP contribution in [0.25, 0.3) is 0 Å². The predicted octanol–water partition coefficient (Wildman–Crippen LogP) is 4.03. The number of halogens is 4. The minimum absolute atomic E-state index is 0.177. The summed E-state index contributed by atoms with van der Waals surface area (Å²) in [6.07, 6.45) is -3.87. The van der Waals surface area contributed by atoms with Gasteiger partial charge in [-0.3, -0.25) is 9.10 Å². The Bertz CT molecular complexity index is 932. The van der Waals surface area contributed by atoms with E-state index in [2.05, 4.69) is 10.1 Å². The second kappa shape index (κ2) is 8.27. The van der Waals surface area contributed by atoms with Crippen molar-refractivity contribution in [2.24, 2.45) is 0 Å². The fourth-order valence-corrected chi connectivity index (χ4v) is 3.68. The number of anilines is 2. The van der Waals surface area contributed by atoms with E-state index in [0.29, 0.717) is 5.02 Å². The molecule has 2 aromatic rings. The van der Waals surface area contributed by atoms with Gasteiger partial charge in [-0.2, -0.15) is 0 Å². The number of benzene rings is 2. The number of ether oxygens (including phenoxy) is 1. The molecule has 0 fully saturated rings. The van der Waals surface area contributed by atoms with Crippen molar-refractivity contribution in [3.8, 4) is 5.75 Å². The number of rotatable bonds is 6. The van der Waals surface area contributed by atoms with Crippen molar-refractivity contribution in [1.29, 1.82) is 0 Å². The lowest BCUT2D eigenvalue weighted by Gasteiger charge is -2.28. The molecule has 0 bridgehead atoms. The van der Waals surface area contributed by atoms with E-state index in [1.807, 2.05) is 0 Å². The molecule has 6 nitrogen and oxygen atoms in total. The van der Waals surface area contributed by atoms with E-state index < -0.39 is 34.1 Å². The maximum Gasteiger partial charge on any atom is 0.573 e. The summed E-state index contributed by atoms with van der Waals surface area (Å²) in [5.74, 6) is -1.12. The van der Waals surface area contributed by atoms with E-state index in [0.717, 1.165) is 22.7 Å². The lowest BCUT2D eigenvalue weighted by Crippen LogP contribution is -2.45. The van der Waals surface area contributed by atoms with Crippen LogP contribution in [0.5, 0.6) is 5.75 Å². The molecule has 1 unspecified atom stereocenters. The molecule has 11 heteroatoms. The molecule has 0 spiro atoms. The van der Waals surface area contributed by atoms with Crippen LogP contribution in [0, 0.1) is 0 Å². The third-order valence-electron chi connectivity index (χ3n) is 3.53. The van der Waals surface area contributed by atoms with Crippen LogP contribution in [-0.4, -0.2) is 33.0 Å². The van der Waals surface area contributed by atoms with Gasteiger partial charge in [0.1, 0.15) is 11.8 Å². The first-order valence-electron chi connectivity index (χ1n) is 7.78. The maximum atomic E-state index is 12.5. The molecule has 152 valence electrons. The Morgan fingerprint density at radius 2 is 1.64 bits per heavy atom. The van der Waals surface area contributed by atoms with Gasteiger partial charge in [0, 0.05) is 10.7 Å². The molecular formula is C17H16ClF3N2O4S. The molecular weight excluding hydrogens is 421 g/mol. The third-order valence-corrected chi connectivity index (χ3v) is 5.02. The van der Waals surface area contributed by atoms with Crippen LogP contribution in [0.1, 0.15) is 6.92 Å². The van der Waals surface area contributed by atoms with Gasteiger partial charge in [0.2, 0.25) is 15.9 Å². The van der Waals surface area contributed by atoms with Crippen LogP contribution in [0.3, 0.4) is 0 Å². The summed E-state index contributed by atoms with van der Waals surface area (Å²) >= 11 is 5.81. The minimum atomic E-state index is -4.83. The Hall–Kier alpha value is -2.46. The van der Waals surface area contributed by atoms with Gasteiger partial charge in [0.15, 0.2) is 0 Å². The largest absolute Gasteiger partial charge is 0.573 e. The molecule has 0 aliphatic carbocycles. The number of nitrogens with one attached hydrogen (secondary N) is 1. The van der Waals surface area contributed by atoms with Gasteiger partial charge in [-0.15, -0.1) is 13.2 Å². The van der Waals surface area contributed by atoms with Gasteiger partial charge in [0.05, 0.1) is 11.9 Å². The summed E-state index contributed by atoms with van der Waals surface area (Å²) in [6, 6.07) is 9.22. The van der Waals surface area contributed by atoms with E-state index >= 15 is 0 Å². The lowest BCUT2D eigenvalue weighted by molar-refractivity contribution is -0.274. The van der Waals surface area contributed by atoms with Crippen LogP contribution in [0.4, 0.5) is 24.5 Å². The number of alkyl halides is 3. The molecule has 2 aromatic carbocycles. The molecule has 0 heterocycles. The Kier molecular flexibility index (Phi) is 6.45. The molecule has 0 saturated carbocycles. The van der Waals surface area contributed by atoms with E-state index in [9.17, 15) is 26.4 Å². The zero-order valence-electron chi connectivity index (χ0n) is 14.7. The molecule has 0 radical (unpaired) electrons. The molecule has 0 aliphatic heterocycles.